The molecule has 0 saturated carbocycles. The summed E-state index contributed by atoms with van der Waals surface area (Å²) in [7, 11) is 0. The molecule has 1 aliphatic carbocycles. The Hall–Kier alpha value is -2.16. The second kappa shape index (κ2) is 4.42. The van der Waals surface area contributed by atoms with Crippen LogP contribution in [0.5, 0.6) is 0 Å². The predicted octanol–water partition coefficient (Wildman–Crippen LogP) is 4.40. The van der Waals surface area contributed by atoms with Crippen molar-refractivity contribution in [3.05, 3.63) is 59.7 Å². The van der Waals surface area contributed by atoms with Crippen molar-refractivity contribution in [2.75, 3.05) is 0 Å². The zero-order valence-electron chi connectivity index (χ0n) is 13.3. The van der Waals surface area contributed by atoms with Crippen molar-refractivity contribution in [3.8, 4) is 0 Å². The third-order valence-electron chi connectivity index (χ3n) is 4.92. The minimum atomic E-state index is -0.0303. The van der Waals surface area contributed by atoms with Gasteiger partial charge in [-0.1, -0.05) is 50.2 Å². The van der Waals surface area contributed by atoms with Gasteiger partial charge in [0.1, 0.15) is 5.76 Å². The minimum Gasteiger partial charge on any atom is -0.361 e. The molecule has 0 amide bonds. The minimum absolute atomic E-state index is 0.0110. The highest BCUT2D eigenvalue weighted by Gasteiger charge is 2.45. The van der Waals surface area contributed by atoms with E-state index in [1.165, 1.54) is 22.0 Å². The van der Waals surface area contributed by atoms with Crippen molar-refractivity contribution in [1.29, 1.82) is 0 Å². The van der Waals surface area contributed by atoms with E-state index in [0.717, 1.165) is 18.6 Å². The van der Waals surface area contributed by atoms with E-state index in [1.54, 1.807) is 0 Å². The lowest BCUT2D eigenvalue weighted by Gasteiger charge is -2.41. The Kier molecular flexibility index (Phi) is 2.71. The molecule has 0 fully saturated rings. The normalized spacial score (nSPS) is 23.4. The van der Waals surface area contributed by atoms with E-state index in [9.17, 15) is 0 Å². The van der Waals surface area contributed by atoms with Gasteiger partial charge in [0.05, 0.1) is 11.9 Å². The van der Waals surface area contributed by atoms with Crippen LogP contribution in [-0.4, -0.2) is 10.1 Å². The average Bonchev–Trinajstić information content (AvgIpc) is 2.95. The highest BCUT2D eigenvalue weighted by Crippen LogP contribution is 2.47. The molecular weight excluding hydrogens is 272 g/mol. The van der Waals surface area contributed by atoms with Gasteiger partial charge >= 0.3 is 0 Å². The monoisotopic (exact) mass is 292 g/mol. The topological polar surface area (TPSA) is 38.9 Å². The van der Waals surface area contributed by atoms with E-state index < -0.39 is 0 Å². The average molecular weight is 292 g/mol. The maximum Gasteiger partial charge on any atom is 0.145 e. The number of hydrogen-bond acceptors (Lipinski definition) is 3. The van der Waals surface area contributed by atoms with Crippen molar-refractivity contribution in [2.45, 2.75) is 44.4 Å². The van der Waals surface area contributed by atoms with Gasteiger partial charge in [-0.05, 0) is 24.3 Å². The van der Waals surface area contributed by atoms with Crippen molar-refractivity contribution < 1.29 is 4.52 Å². The largest absolute Gasteiger partial charge is 0.361 e. The fraction of sp³-hybridized carbons (Fsp3) is 0.368. The van der Waals surface area contributed by atoms with Crippen LogP contribution >= 0.6 is 0 Å². The molecule has 0 saturated heterocycles. The summed E-state index contributed by atoms with van der Waals surface area (Å²) in [5.74, 6) is 1.03. The van der Waals surface area contributed by atoms with Crippen LogP contribution in [0.25, 0.3) is 10.8 Å². The van der Waals surface area contributed by atoms with E-state index in [1.807, 2.05) is 12.4 Å². The quantitative estimate of drug-likeness (QED) is 0.667. The van der Waals surface area contributed by atoms with Crippen LogP contribution in [-0.2, 0) is 17.3 Å². The lowest BCUT2D eigenvalue weighted by Crippen LogP contribution is -2.39. The number of hydrogen-bond donors (Lipinski definition) is 0. The van der Waals surface area contributed by atoms with Gasteiger partial charge in [0.25, 0.3) is 0 Å². The Bertz CT molecular complexity index is 844. The van der Waals surface area contributed by atoms with Crippen LogP contribution in [0.15, 0.2) is 47.2 Å². The number of rotatable bonds is 1. The van der Waals surface area contributed by atoms with Crippen LogP contribution in [0.1, 0.15) is 44.2 Å². The summed E-state index contributed by atoms with van der Waals surface area (Å²) in [5, 5.41) is 6.53. The highest BCUT2D eigenvalue weighted by atomic mass is 16.5. The van der Waals surface area contributed by atoms with E-state index in [4.69, 9.17) is 9.51 Å². The van der Waals surface area contributed by atoms with Gasteiger partial charge in [0.2, 0.25) is 0 Å². The summed E-state index contributed by atoms with van der Waals surface area (Å²) in [4.78, 5) is 4.77. The van der Waals surface area contributed by atoms with Gasteiger partial charge in [-0.2, -0.15) is 0 Å². The Morgan fingerprint density at radius 3 is 2.77 bits per heavy atom. The first-order chi connectivity index (χ1) is 10.5. The molecule has 1 aromatic carbocycles. The van der Waals surface area contributed by atoms with E-state index in [0.29, 0.717) is 0 Å². The summed E-state index contributed by atoms with van der Waals surface area (Å²) in [6.07, 6.45) is 5.73. The molecule has 0 N–H and O–H groups in total. The first-order valence-corrected chi connectivity index (χ1v) is 7.78. The fourth-order valence-corrected chi connectivity index (χ4v) is 4.25. The molecule has 22 heavy (non-hydrogen) atoms. The standard InChI is InChI=1S/C19H20N2O/c1-18(2)12-19(3,10-14-11-21-22-17(14)18)16-15-7-5-4-6-13(15)8-9-20-16/h4-9,11H,10,12H2,1-3H3. The smallest absolute Gasteiger partial charge is 0.145 e. The summed E-state index contributed by atoms with van der Waals surface area (Å²) in [6, 6.07) is 10.6. The number of nitrogens with zero attached hydrogens (tertiary/aromatic N) is 2. The van der Waals surface area contributed by atoms with Crippen molar-refractivity contribution >= 4 is 10.8 Å². The third kappa shape index (κ3) is 1.88. The van der Waals surface area contributed by atoms with Crippen molar-refractivity contribution in [3.63, 3.8) is 0 Å². The molecule has 3 heteroatoms. The summed E-state index contributed by atoms with van der Waals surface area (Å²) in [6.45, 7) is 6.79. The number of aromatic nitrogens is 2. The predicted molar refractivity (Wildman–Crippen MR) is 86.9 cm³/mol. The maximum absolute atomic E-state index is 5.52. The highest BCUT2D eigenvalue weighted by molar-refractivity contribution is 5.85. The molecule has 1 unspecified atom stereocenters. The molecule has 0 radical (unpaired) electrons. The molecule has 3 aromatic rings. The van der Waals surface area contributed by atoms with Gasteiger partial charge < -0.3 is 4.52 Å². The molecule has 3 nitrogen and oxygen atoms in total. The number of pyridine rings is 1. The van der Waals surface area contributed by atoms with Crippen LogP contribution in [0, 0.1) is 0 Å². The first-order valence-electron chi connectivity index (χ1n) is 7.78. The molecule has 4 rings (SSSR count). The molecular formula is C19H20N2O. The van der Waals surface area contributed by atoms with Crippen LogP contribution < -0.4 is 0 Å². The van der Waals surface area contributed by atoms with E-state index in [2.05, 4.69) is 56.3 Å². The fourth-order valence-electron chi connectivity index (χ4n) is 4.25. The Morgan fingerprint density at radius 1 is 1.09 bits per heavy atom. The summed E-state index contributed by atoms with van der Waals surface area (Å²) in [5.41, 5.74) is 2.36. The van der Waals surface area contributed by atoms with Gasteiger partial charge in [-0.25, -0.2) is 0 Å². The second-order valence-electron chi connectivity index (χ2n) is 7.36. The van der Waals surface area contributed by atoms with Crippen LogP contribution in [0.4, 0.5) is 0 Å². The van der Waals surface area contributed by atoms with Gasteiger partial charge in [-0.15, -0.1) is 0 Å². The zero-order valence-corrected chi connectivity index (χ0v) is 13.3. The van der Waals surface area contributed by atoms with Gasteiger partial charge in [0, 0.05) is 28.0 Å². The maximum atomic E-state index is 5.52. The van der Waals surface area contributed by atoms with Crippen molar-refractivity contribution in [2.24, 2.45) is 0 Å². The molecule has 0 bridgehead atoms. The van der Waals surface area contributed by atoms with Gasteiger partial charge in [-0.3, -0.25) is 4.98 Å². The lowest BCUT2D eigenvalue weighted by molar-refractivity contribution is 0.230. The Morgan fingerprint density at radius 2 is 1.91 bits per heavy atom. The first kappa shape index (κ1) is 13.5. The van der Waals surface area contributed by atoms with Crippen LogP contribution in [0.2, 0.25) is 0 Å². The Labute approximate surface area is 130 Å². The Balaban J connectivity index is 1.92. The molecule has 2 heterocycles. The summed E-state index contributed by atoms with van der Waals surface area (Å²) >= 11 is 0. The summed E-state index contributed by atoms with van der Waals surface area (Å²) < 4.78 is 5.52. The molecule has 1 aliphatic rings. The number of benzene rings is 1. The molecule has 112 valence electrons. The van der Waals surface area contributed by atoms with Crippen LogP contribution in [0.3, 0.4) is 0 Å². The van der Waals surface area contributed by atoms with E-state index in [-0.39, 0.29) is 10.8 Å². The molecule has 2 aromatic heterocycles. The number of fused-ring (bicyclic) bond motifs is 2. The van der Waals surface area contributed by atoms with Gasteiger partial charge in [0.15, 0.2) is 0 Å². The lowest BCUT2D eigenvalue weighted by atomic mass is 9.62. The van der Waals surface area contributed by atoms with E-state index >= 15 is 0 Å². The SMILES string of the molecule is CC1(C)CC(C)(c2nccc3ccccc23)Cc2cnoc21. The molecule has 1 atom stereocenters. The molecule has 0 spiro atoms. The zero-order chi connectivity index (χ0) is 15.4. The van der Waals surface area contributed by atoms with Crippen molar-refractivity contribution in [1.82, 2.24) is 10.1 Å². The third-order valence-corrected chi connectivity index (χ3v) is 4.92. The molecule has 0 aliphatic heterocycles. The second-order valence-corrected chi connectivity index (χ2v) is 7.36.